The van der Waals surface area contributed by atoms with Gasteiger partial charge >= 0.3 is 0 Å². The first-order valence-corrected chi connectivity index (χ1v) is 7.03. The van der Waals surface area contributed by atoms with Crippen LogP contribution in [0.4, 0.5) is 0 Å². The van der Waals surface area contributed by atoms with Crippen molar-refractivity contribution in [3.8, 4) is 5.75 Å². The Hall–Kier alpha value is -1.02. The number of guanidine groups is 1. The molecule has 0 saturated carbocycles. The van der Waals surface area contributed by atoms with Gasteiger partial charge in [0.1, 0.15) is 12.4 Å². The van der Waals surface area contributed by atoms with Crippen molar-refractivity contribution >= 4 is 29.9 Å². The highest BCUT2D eigenvalue weighted by Crippen LogP contribution is 2.11. The molecule has 0 fully saturated rings. The van der Waals surface area contributed by atoms with Gasteiger partial charge in [0.2, 0.25) is 0 Å². The molecule has 21 heavy (non-hydrogen) atoms. The molecule has 0 saturated heterocycles. The van der Waals surface area contributed by atoms with Gasteiger partial charge in [0.05, 0.1) is 6.54 Å². The van der Waals surface area contributed by atoms with E-state index < -0.39 is 0 Å². The molecule has 0 radical (unpaired) electrons. The van der Waals surface area contributed by atoms with E-state index in [-0.39, 0.29) is 24.0 Å². The van der Waals surface area contributed by atoms with E-state index in [1.807, 2.05) is 38.1 Å². The number of benzene rings is 1. The molecule has 3 N–H and O–H groups in total. The third-order valence-electron chi connectivity index (χ3n) is 2.60. The zero-order valence-electron chi connectivity index (χ0n) is 12.8. The molecule has 1 aromatic rings. The van der Waals surface area contributed by atoms with E-state index in [4.69, 9.17) is 15.2 Å². The molecule has 0 aliphatic heterocycles. The lowest BCUT2D eigenvalue weighted by Crippen LogP contribution is -2.34. The molecule has 0 spiro atoms. The zero-order chi connectivity index (χ0) is 14.6. The Kier molecular flexibility index (Phi) is 12.1. The average Bonchev–Trinajstić information content (AvgIpc) is 2.43. The monoisotopic (exact) mass is 407 g/mol. The van der Waals surface area contributed by atoms with Gasteiger partial charge in [-0.15, -0.1) is 24.0 Å². The highest BCUT2D eigenvalue weighted by atomic mass is 127. The lowest BCUT2D eigenvalue weighted by Gasteiger charge is -2.08. The van der Waals surface area contributed by atoms with E-state index in [0.717, 1.165) is 25.4 Å². The number of halogens is 1. The SMILES string of the molecule is CCOCCCN=C(N)NCCOc1cccc(C)c1.I. The minimum absolute atomic E-state index is 0. The third-order valence-corrected chi connectivity index (χ3v) is 2.60. The standard InChI is InChI=1S/C15H25N3O2.HI/c1-3-19-10-5-8-17-15(16)18-9-11-20-14-7-4-6-13(2)12-14;/h4,6-7,12H,3,5,8-11H2,1-2H3,(H3,16,17,18);1H. The van der Waals surface area contributed by atoms with Gasteiger partial charge in [0.15, 0.2) is 5.96 Å². The van der Waals surface area contributed by atoms with Crippen molar-refractivity contribution in [3.63, 3.8) is 0 Å². The number of rotatable bonds is 9. The summed E-state index contributed by atoms with van der Waals surface area (Å²) in [6, 6.07) is 7.97. The largest absolute Gasteiger partial charge is 0.492 e. The lowest BCUT2D eigenvalue weighted by molar-refractivity contribution is 0.146. The first-order chi connectivity index (χ1) is 9.72. The fourth-order valence-electron chi connectivity index (χ4n) is 1.62. The first kappa shape index (κ1) is 20.0. The number of aryl methyl sites for hydroxylation is 1. The van der Waals surface area contributed by atoms with Crippen LogP contribution in [0.15, 0.2) is 29.3 Å². The summed E-state index contributed by atoms with van der Waals surface area (Å²) in [6.07, 6.45) is 0.885. The fraction of sp³-hybridized carbons (Fsp3) is 0.533. The van der Waals surface area contributed by atoms with Crippen molar-refractivity contribution in [3.05, 3.63) is 29.8 Å². The third kappa shape index (κ3) is 10.4. The average molecular weight is 407 g/mol. The van der Waals surface area contributed by atoms with Gasteiger partial charge in [-0.25, -0.2) is 0 Å². The summed E-state index contributed by atoms with van der Waals surface area (Å²) in [5.41, 5.74) is 6.92. The van der Waals surface area contributed by atoms with Crippen LogP contribution in [-0.2, 0) is 4.74 Å². The molecular weight excluding hydrogens is 381 g/mol. The smallest absolute Gasteiger partial charge is 0.188 e. The fourth-order valence-corrected chi connectivity index (χ4v) is 1.62. The van der Waals surface area contributed by atoms with Crippen LogP contribution in [0.2, 0.25) is 0 Å². The van der Waals surface area contributed by atoms with Crippen LogP contribution in [0.5, 0.6) is 5.75 Å². The molecule has 0 unspecified atom stereocenters. The molecule has 0 amide bonds. The van der Waals surface area contributed by atoms with Gasteiger partial charge in [0.25, 0.3) is 0 Å². The maximum atomic E-state index is 5.73. The predicted molar refractivity (Wildman–Crippen MR) is 97.7 cm³/mol. The van der Waals surface area contributed by atoms with Crippen LogP contribution in [0.25, 0.3) is 0 Å². The number of hydrogen-bond donors (Lipinski definition) is 2. The van der Waals surface area contributed by atoms with Crippen molar-refractivity contribution in [2.75, 3.05) is 32.9 Å². The highest BCUT2D eigenvalue weighted by molar-refractivity contribution is 14.0. The molecule has 1 rings (SSSR count). The molecule has 5 nitrogen and oxygen atoms in total. The summed E-state index contributed by atoms with van der Waals surface area (Å²) in [7, 11) is 0. The van der Waals surface area contributed by atoms with Gasteiger partial charge in [-0.2, -0.15) is 0 Å². The van der Waals surface area contributed by atoms with E-state index in [2.05, 4.69) is 10.3 Å². The Morgan fingerprint density at radius 1 is 1.33 bits per heavy atom. The number of ether oxygens (including phenoxy) is 2. The molecule has 0 bridgehead atoms. The number of nitrogens with one attached hydrogen (secondary N) is 1. The number of nitrogens with two attached hydrogens (primary N) is 1. The lowest BCUT2D eigenvalue weighted by atomic mass is 10.2. The summed E-state index contributed by atoms with van der Waals surface area (Å²) >= 11 is 0. The van der Waals surface area contributed by atoms with Gasteiger partial charge in [-0.05, 0) is 38.0 Å². The molecule has 0 aliphatic carbocycles. The molecule has 0 aliphatic rings. The van der Waals surface area contributed by atoms with Gasteiger partial charge < -0.3 is 20.5 Å². The second-order valence-corrected chi connectivity index (χ2v) is 4.41. The van der Waals surface area contributed by atoms with Crippen LogP contribution in [0.3, 0.4) is 0 Å². The minimum atomic E-state index is 0. The second kappa shape index (κ2) is 12.7. The zero-order valence-corrected chi connectivity index (χ0v) is 15.1. The first-order valence-electron chi connectivity index (χ1n) is 7.03. The topological polar surface area (TPSA) is 68.9 Å². The van der Waals surface area contributed by atoms with Gasteiger partial charge in [0, 0.05) is 19.8 Å². The molecule has 0 atom stereocenters. The summed E-state index contributed by atoms with van der Waals surface area (Å²) in [5.74, 6) is 1.33. The molecular formula is C15H26IN3O2. The predicted octanol–water partition coefficient (Wildman–Crippen LogP) is 2.32. The normalized spacial score (nSPS) is 10.9. The Morgan fingerprint density at radius 2 is 2.14 bits per heavy atom. The maximum Gasteiger partial charge on any atom is 0.188 e. The van der Waals surface area contributed by atoms with Crippen molar-refractivity contribution in [2.45, 2.75) is 20.3 Å². The van der Waals surface area contributed by atoms with Crippen LogP contribution < -0.4 is 15.8 Å². The highest BCUT2D eigenvalue weighted by Gasteiger charge is 1.95. The summed E-state index contributed by atoms with van der Waals surface area (Å²) in [6.45, 7) is 7.36. The van der Waals surface area contributed by atoms with E-state index in [0.29, 0.717) is 25.7 Å². The summed E-state index contributed by atoms with van der Waals surface area (Å²) < 4.78 is 10.8. The quantitative estimate of drug-likeness (QED) is 0.285. The molecule has 0 heterocycles. The Morgan fingerprint density at radius 3 is 2.86 bits per heavy atom. The van der Waals surface area contributed by atoms with Crippen molar-refractivity contribution < 1.29 is 9.47 Å². The van der Waals surface area contributed by atoms with E-state index in [9.17, 15) is 0 Å². The Balaban J connectivity index is 0.00000400. The molecule has 120 valence electrons. The van der Waals surface area contributed by atoms with Crippen molar-refractivity contribution in [1.82, 2.24) is 5.32 Å². The van der Waals surface area contributed by atoms with Crippen LogP contribution >= 0.6 is 24.0 Å². The molecule has 6 heteroatoms. The summed E-state index contributed by atoms with van der Waals surface area (Å²) in [4.78, 5) is 4.20. The van der Waals surface area contributed by atoms with Crippen molar-refractivity contribution in [1.29, 1.82) is 0 Å². The van der Waals surface area contributed by atoms with Crippen LogP contribution in [0, 0.1) is 6.92 Å². The molecule has 0 aromatic heterocycles. The number of aliphatic imine (C=N–C) groups is 1. The van der Waals surface area contributed by atoms with E-state index in [1.54, 1.807) is 0 Å². The minimum Gasteiger partial charge on any atom is -0.492 e. The Bertz CT molecular complexity index is 414. The second-order valence-electron chi connectivity index (χ2n) is 4.41. The van der Waals surface area contributed by atoms with Crippen LogP contribution in [-0.4, -0.2) is 38.9 Å². The number of nitrogens with zero attached hydrogens (tertiary/aromatic N) is 1. The van der Waals surface area contributed by atoms with E-state index >= 15 is 0 Å². The summed E-state index contributed by atoms with van der Waals surface area (Å²) in [5, 5.41) is 3.02. The van der Waals surface area contributed by atoms with E-state index in [1.165, 1.54) is 5.56 Å². The number of hydrogen-bond acceptors (Lipinski definition) is 3. The van der Waals surface area contributed by atoms with Gasteiger partial charge in [-0.1, -0.05) is 12.1 Å². The van der Waals surface area contributed by atoms with Gasteiger partial charge in [-0.3, -0.25) is 4.99 Å². The maximum absolute atomic E-state index is 5.73. The Labute approximate surface area is 144 Å². The van der Waals surface area contributed by atoms with Crippen LogP contribution in [0.1, 0.15) is 18.9 Å². The van der Waals surface area contributed by atoms with Crippen molar-refractivity contribution in [2.24, 2.45) is 10.7 Å². The molecule has 1 aromatic carbocycles.